The summed E-state index contributed by atoms with van der Waals surface area (Å²) < 4.78 is 0. The van der Waals surface area contributed by atoms with E-state index in [4.69, 9.17) is 0 Å². The van der Waals surface area contributed by atoms with Crippen LogP contribution >= 0.6 is 0 Å². The summed E-state index contributed by atoms with van der Waals surface area (Å²) in [6.07, 6.45) is 6.02. The van der Waals surface area contributed by atoms with E-state index in [9.17, 15) is 9.59 Å². The highest BCUT2D eigenvalue weighted by molar-refractivity contribution is 5.94. The zero-order valence-electron chi connectivity index (χ0n) is 19.0. The predicted octanol–water partition coefficient (Wildman–Crippen LogP) is 3.73. The van der Waals surface area contributed by atoms with Crippen molar-refractivity contribution >= 4 is 11.8 Å². The first kappa shape index (κ1) is 22.8. The lowest BCUT2D eigenvalue weighted by atomic mass is 9.92. The summed E-state index contributed by atoms with van der Waals surface area (Å²) >= 11 is 0. The van der Waals surface area contributed by atoms with E-state index in [0.717, 1.165) is 76.8 Å². The Hall–Kier alpha value is -1.88. The second-order valence-electron chi connectivity index (χ2n) is 9.36. The topological polar surface area (TPSA) is 52.7 Å². The van der Waals surface area contributed by atoms with Crippen LogP contribution in [0.2, 0.25) is 0 Å². The molecule has 1 aromatic carbocycles. The normalized spacial score (nSPS) is 19.3. The average Bonchev–Trinajstić information content (AvgIpc) is 2.78. The zero-order valence-corrected chi connectivity index (χ0v) is 19.0. The molecule has 166 valence electrons. The summed E-state index contributed by atoms with van der Waals surface area (Å²) in [6.45, 7) is 11.0. The molecular formula is C25H39N3O2. The molecule has 0 unspecified atom stereocenters. The fourth-order valence-corrected chi connectivity index (χ4v) is 4.65. The molecule has 0 saturated carbocycles. The van der Waals surface area contributed by atoms with E-state index in [1.165, 1.54) is 5.56 Å². The Morgan fingerprint density at radius 2 is 1.63 bits per heavy atom. The van der Waals surface area contributed by atoms with Gasteiger partial charge in [0.1, 0.15) is 0 Å². The molecule has 2 aliphatic rings. The molecule has 1 N–H and O–H groups in total. The fourth-order valence-electron chi connectivity index (χ4n) is 4.65. The predicted molar refractivity (Wildman–Crippen MR) is 122 cm³/mol. The number of nitrogens with one attached hydrogen (secondary N) is 1. The number of hydrogen-bond acceptors (Lipinski definition) is 3. The Bertz CT molecular complexity index is 685. The Labute approximate surface area is 182 Å². The van der Waals surface area contributed by atoms with Crippen LogP contribution in [0, 0.1) is 11.8 Å². The number of piperidine rings is 2. The quantitative estimate of drug-likeness (QED) is 0.741. The SMILES string of the molecule is CCc1ccc(C(=O)N2CCC(N3CCC(C(=O)NCCC(C)C)CC3)CC2)cc1. The van der Waals surface area contributed by atoms with Gasteiger partial charge < -0.3 is 15.1 Å². The first-order chi connectivity index (χ1) is 14.5. The average molecular weight is 414 g/mol. The van der Waals surface area contributed by atoms with Crippen molar-refractivity contribution in [1.29, 1.82) is 0 Å². The lowest BCUT2D eigenvalue weighted by Gasteiger charge is -2.41. The highest BCUT2D eigenvalue weighted by Crippen LogP contribution is 2.25. The summed E-state index contributed by atoms with van der Waals surface area (Å²) in [5.41, 5.74) is 2.07. The fraction of sp³-hybridized carbons (Fsp3) is 0.680. The van der Waals surface area contributed by atoms with E-state index in [1.807, 2.05) is 17.0 Å². The first-order valence-electron chi connectivity index (χ1n) is 11.9. The molecule has 5 heteroatoms. The Morgan fingerprint density at radius 3 is 2.20 bits per heavy atom. The van der Waals surface area contributed by atoms with E-state index < -0.39 is 0 Å². The van der Waals surface area contributed by atoms with Crippen molar-refractivity contribution in [2.24, 2.45) is 11.8 Å². The van der Waals surface area contributed by atoms with Crippen LogP contribution in [0.1, 0.15) is 68.8 Å². The summed E-state index contributed by atoms with van der Waals surface area (Å²) in [7, 11) is 0. The van der Waals surface area contributed by atoms with Crippen LogP contribution in [0.5, 0.6) is 0 Å². The summed E-state index contributed by atoms with van der Waals surface area (Å²) in [6, 6.07) is 8.59. The van der Waals surface area contributed by atoms with Crippen molar-refractivity contribution in [1.82, 2.24) is 15.1 Å². The molecule has 0 bridgehead atoms. The van der Waals surface area contributed by atoms with Gasteiger partial charge in [0.25, 0.3) is 5.91 Å². The van der Waals surface area contributed by atoms with Crippen molar-refractivity contribution in [3.8, 4) is 0 Å². The van der Waals surface area contributed by atoms with Crippen LogP contribution in [-0.2, 0) is 11.2 Å². The van der Waals surface area contributed by atoms with Gasteiger partial charge in [-0.1, -0.05) is 32.9 Å². The highest BCUT2D eigenvalue weighted by Gasteiger charge is 2.31. The molecule has 0 aromatic heterocycles. The number of carbonyl (C=O) groups is 2. The van der Waals surface area contributed by atoms with Crippen LogP contribution in [0.15, 0.2) is 24.3 Å². The van der Waals surface area contributed by atoms with Gasteiger partial charge in [0, 0.05) is 37.2 Å². The number of hydrogen-bond donors (Lipinski definition) is 1. The maximum Gasteiger partial charge on any atom is 0.253 e. The maximum absolute atomic E-state index is 12.8. The van der Waals surface area contributed by atoms with Gasteiger partial charge in [0.2, 0.25) is 5.91 Å². The van der Waals surface area contributed by atoms with Gasteiger partial charge >= 0.3 is 0 Å². The van der Waals surface area contributed by atoms with Crippen LogP contribution in [0.3, 0.4) is 0 Å². The van der Waals surface area contributed by atoms with Gasteiger partial charge in [0.05, 0.1) is 0 Å². The third-order valence-electron chi connectivity index (χ3n) is 6.80. The van der Waals surface area contributed by atoms with Gasteiger partial charge in [-0.15, -0.1) is 0 Å². The monoisotopic (exact) mass is 413 g/mol. The largest absolute Gasteiger partial charge is 0.356 e. The van der Waals surface area contributed by atoms with Gasteiger partial charge in [-0.05, 0) is 75.2 Å². The molecule has 2 amide bonds. The number of likely N-dealkylation sites (tertiary alicyclic amines) is 2. The minimum atomic E-state index is 0.160. The number of amides is 2. The molecule has 0 spiro atoms. The number of aryl methyl sites for hydroxylation is 1. The number of carbonyl (C=O) groups excluding carboxylic acids is 2. The molecule has 0 radical (unpaired) electrons. The van der Waals surface area contributed by atoms with E-state index in [-0.39, 0.29) is 17.7 Å². The molecule has 2 heterocycles. The van der Waals surface area contributed by atoms with Crippen molar-refractivity contribution in [3.63, 3.8) is 0 Å². The molecule has 2 saturated heterocycles. The lowest BCUT2D eigenvalue weighted by molar-refractivity contribution is -0.126. The van der Waals surface area contributed by atoms with E-state index in [0.29, 0.717) is 12.0 Å². The van der Waals surface area contributed by atoms with Crippen molar-refractivity contribution in [3.05, 3.63) is 35.4 Å². The minimum absolute atomic E-state index is 0.160. The maximum atomic E-state index is 12.8. The van der Waals surface area contributed by atoms with Crippen LogP contribution in [-0.4, -0.2) is 60.4 Å². The second-order valence-corrected chi connectivity index (χ2v) is 9.36. The highest BCUT2D eigenvalue weighted by atomic mass is 16.2. The van der Waals surface area contributed by atoms with Crippen LogP contribution < -0.4 is 5.32 Å². The molecule has 1 aromatic rings. The molecule has 30 heavy (non-hydrogen) atoms. The molecule has 2 fully saturated rings. The van der Waals surface area contributed by atoms with E-state index >= 15 is 0 Å². The Balaban J connectivity index is 1.40. The van der Waals surface area contributed by atoms with Gasteiger partial charge in [-0.2, -0.15) is 0 Å². The third-order valence-corrected chi connectivity index (χ3v) is 6.80. The molecular weight excluding hydrogens is 374 g/mol. The second kappa shape index (κ2) is 10.9. The molecule has 0 aliphatic carbocycles. The molecule has 3 rings (SSSR count). The summed E-state index contributed by atoms with van der Waals surface area (Å²) in [5.74, 6) is 1.19. The molecule has 0 atom stereocenters. The summed E-state index contributed by atoms with van der Waals surface area (Å²) in [4.78, 5) is 29.7. The zero-order chi connectivity index (χ0) is 21.5. The number of nitrogens with zero attached hydrogens (tertiary/aromatic N) is 2. The van der Waals surface area contributed by atoms with E-state index in [1.54, 1.807) is 0 Å². The smallest absolute Gasteiger partial charge is 0.253 e. The van der Waals surface area contributed by atoms with Crippen LogP contribution in [0.25, 0.3) is 0 Å². The molecule has 2 aliphatic heterocycles. The van der Waals surface area contributed by atoms with Gasteiger partial charge in [-0.3, -0.25) is 9.59 Å². The summed E-state index contributed by atoms with van der Waals surface area (Å²) in [5, 5.41) is 3.12. The van der Waals surface area contributed by atoms with Crippen molar-refractivity contribution in [2.45, 2.75) is 65.3 Å². The van der Waals surface area contributed by atoms with Crippen LogP contribution in [0.4, 0.5) is 0 Å². The Kier molecular flexibility index (Phi) is 8.32. The third kappa shape index (κ3) is 6.07. The Morgan fingerprint density at radius 1 is 1.00 bits per heavy atom. The van der Waals surface area contributed by atoms with E-state index in [2.05, 4.69) is 43.1 Å². The molecule has 5 nitrogen and oxygen atoms in total. The van der Waals surface area contributed by atoms with Crippen molar-refractivity contribution < 1.29 is 9.59 Å². The van der Waals surface area contributed by atoms with Gasteiger partial charge in [-0.25, -0.2) is 0 Å². The number of rotatable bonds is 7. The first-order valence-corrected chi connectivity index (χ1v) is 11.9. The standard InChI is InChI=1S/C25H39N3O2/c1-4-20-5-7-22(8-6-20)25(30)28-17-12-23(13-18-28)27-15-10-21(11-16-27)24(29)26-14-9-19(2)3/h5-8,19,21,23H,4,9-18H2,1-3H3,(H,26,29). The number of benzene rings is 1. The van der Waals surface area contributed by atoms with Crippen molar-refractivity contribution in [2.75, 3.05) is 32.7 Å². The minimum Gasteiger partial charge on any atom is -0.356 e. The van der Waals surface area contributed by atoms with Gasteiger partial charge in [0.15, 0.2) is 0 Å². The lowest BCUT2D eigenvalue weighted by Crippen LogP contribution is -2.50.